The number of hydrogen-bond donors (Lipinski definition) is 1. The molecule has 0 spiro atoms. The summed E-state index contributed by atoms with van der Waals surface area (Å²) < 4.78 is 5.92. The Hall–Kier alpha value is -1.58. The zero-order chi connectivity index (χ0) is 32.2. The molecule has 0 rings (SSSR count). The summed E-state index contributed by atoms with van der Waals surface area (Å²) in [4.78, 5) is 23.3. The second kappa shape index (κ2) is 35.9. The number of allylic oxidation sites excluding steroid dienone is 4. The third-order valence-electron chi connectivity index (χ3n) is 8.68. The average Bonchev–Trinajstić information content (AvgIpc) is 3.00. The van der Waals surface area contributed by atoms with Crippen molar-refractivity contribution >= 4 is 11.9 Å². The van der Waals surface area contributed by atoms with Crippen LogP contribution in [0.25, 0.3) is 0 Å². The Labute approximate surface area is 274 Å². The van der Waals surface area contributed by atoms with E-state index in [1.807, 2.05) is 0 Å². The first-order valence-corrected chi connectivity index (χ1v) is 19.3. The number of esters is 1. The zero-order valence-corrected chi connectivity index (χ0v) is 29.5. The first-order chi connectivity index (χ1) is 21.6. The van der Waals surface area contributed by atoms with Crippen LogP contribution in [0.4, 0.5) is 0 Å². The predicted octanol–water partition coefficient (Wildman–Crippen LogP) is 13.2. The van der Waals surface area contributed by atoms with Gasteiger partial charge in [0.25, 0.3) is 0 Å². The van der Waals surface area contributed by atoms with E-state index in [0.717, 1.165) is 51.4 Å². The van der Waals surface area contributed by atoms with Gasteiger partial charge in [0.15, 0.2) is 0 Å². The highest BCUT2D eigenvalue weighted by Crippen LogP contribution is 2.18. The Bertz CT molecular complexity index is 668. The Morgan fingerprint density at radius 2 is 0.886 bits per heavy atom. The molecule has 1 N–H and O–H groups in total. The highest BCUT2D eigenvalue weighted by atomic mass is 16.5. The lowest BCUT2D eigenvalue weighted by Crippen LogP contribution is -2.18. The number of carboxylic acid groups (broad SMARTS) is 1. The normalized spacial score (nSPS) is 12.4. The third-order valence-corrected chi connectivity index (χ3v) is 8.68. The maximum atomic E-state index is 12.6. The summed E-state index contributed by atoms with van der Waals surface area (Å²) in [5, 5.41) is 8.87. The molecule has 1 unspecified atom stereocenters. The van der Waals surface area contributed by atoms with E-state index in [0.29, 0.717) is 12.8 Å². The van der Waals surface area contributed by atoms with E-state index in [1.165, 1.54) is 128 Å². The SMILES string of the molecule is CCCCC/C=C\C/C=C\CCCCCCCCCCCC(=O)OC(CCCCCCCCCCC)CCCCCC(=O)O. The van der Waals surface area contributed by atoms with Crippen LogP contribution in [-0.2, 0) is 14.3 Å². The number of ether oxygens (including phenoxy) is 1. The molecule has 0 aromatic rings. The lowest BCUT2D eigenvalue weighted by Gasteiger charge is -2.18. The van der Waals surface area contributed by atoms with Crippen LogP contribution in [0.15, 0.2) is 24.3 Å². The van der Waals surface area contributed by atoms with Crippen LogP contribution in [0.2, 0.25) is 0 Å². The van der Waals surface area contributed by atoms with Crippen LogP contribution in [0, 0.1) is 0 Å². The van der Waals surface area contributed by atoms with Gasteiger partial charge in [-0.25, -0.2) is 0 Å². The van der Waals surface area contributed by atoms with E-state index >= 15 is 0 Å². The topological polar surface area (TPSA) is 63.6 Å². The van der Waals surface area contributed by atoms with Crippen molar-refractivity contribution in [3.63, 3.8) is 0 Å². The van der Waals surface area contributed by atoms with Crippen LogP contribution in [-0.4, -0.2) is 23.1 Å². The molecule has 0 bridgehead atoms. The molecule has 0 saturated carbocycles. The van der Waals surface area contributed by atoms with Gasteiger partial charge in [-0.3, -0.25) is 9.59 Å². The number of aliphatic carboxylic acids is 1. The summed E-state index contributed by atoms with van der Waals surface area (Å²) >= 11 is 0. The summed E-state index contributed by atoms with van der Waals surface area (Å²) in [6.45, 7) is 4.51. The quantitative estimate of drug-likeness (QED) is 0.0436. The fourth-order valence-electron chi connectivity index (χ4n) is 5.80. The predicted molar refractivity (Wildman–Crippen MR) is 190 cm³/mol. The van der Waals surface area contributed by atoms with Gasteiger partial charge in [0.1, 0.15) is 6.10 Å². The Morgan fingerprint density at radius 3 is 1.41 bits per heavy atom. The minimum absolute atomic E-state index is 0.00420. The van der Waals surface area contributed by atoms with Crippen molar-refractivity contribution in [2.24, 2.45) is 0 Å². The summed E-state index contributed by atoms with van der Waals surface area (Å²) in [6, 6.07) is 0. The molecule has 0 aliphatic heterocycles. The summed E-state index contributed by atoms with van der Waals surface area (Å²) in [7, 11) is 0. The molecule has 0 aromatic heterocycles. The largest absolute Gasteiger partial charge is 0.481 e. The van der Waals surface area contributed by atoms with Gasteiger partial charge in [0.05, 0.1) is 0 Å². The van der Waals surface area contributed by atoms with Crippen molar-refractivity contribution in [1.82, 2.24) is 0 Å². The molecular weight excluding hydrogens is 544 g/mol. The van der Waals surface area contributed by atoms with Crippen molar-refractivity contribution in [2.45, 2.75) is 219 Å². The average molecular weight is 619 g/mol. The molecule has 0 amide bonds. The standard InChI is InChI=1S/C40H74O4/c1-3-5-7-9-11-13-14-15-16-17-18-19-20-21-22-24-26-28-33-37-40(43)44-38(35-31-29-32-36-39(41)42)34-30-27-25-23-12-10-8-6-4-2/h11,13,15-16,38H,3-10,12,14,17-37H2,1-2H3,(H,41,42)/b13-11-,16-15-. The number of carbonyl (C=O) groups excluding carboxylic acids is 1. The Balaban J connectivity index is 3.85. The van der Waals surface area contributed by atoms with Gasteiger partial charge in [-0.1, -0.05) is 154 Å². The monoisotopic (exact) mass is 619 g/mol. The molecule has 0 radical (unpaired) electrons. The van der Waals surface area contributed by atoms with Crippen molar-refractivity contribution < 1.29 is 19.4 Å². The fourth-order valence-corrected chi connectivity index (χ4v) is 5.80. The molecule has 0 fully saturated rings. The summed E-state index contributed by atoms with van der Waals surface area (Å²) in [5.74, 6) is -0.758. The highest BCUT2D eigenvalue weighted by molar-refractivity contribution is 5.69. The molecule has 4 nitrogen and oxygen atoms in total. The molecule has 4 heteroatoms. The van der Waals surface area contributed by atoms with Gasteiger partial charge < -0.3 is 9.84 Å². The molecule has 0 saturated heterocycles. The molecule has 0 aromatic carbocycles. The van der Waals surface area contributed by atoms with Crippen molar-refractivity contribution in [3.8, 4) is 0 Å². The lowest BCUT2D eigenvalue weighted by atomic mass is 10.0. The Morgan fingerprint density at radius 1 is 0.500 bits per heavy atom. The van der Waals surface area contributed by atoms with E-state index in [-0.39, 0.29) is 18.5 Å². The zero-order valence-electron chi connectivity index (χ0n) is 29.5. The molecule has 0 aliphatic carbocycles. The highest BCUT2D eigenvalue weighted by Gasteiger charge is 2.14. The van der Waals surface area contributed by atoms with Gasteiger partial charge >= 0.3 is 11.9 Å². The molecule has 0 aliphatic rings. The third kappa shape index (κ3) is 34.9. The van der Waals surface area contributed by atoms with E-state index < -0.39 is 5.97 Å². The second-order valence-corrected chi connectivity index (χ2v) is 13.1. The van der Waals surface area contributed by atoms with Crippen molar-refractivity contribution in [2.75, 3.05) is 0 Å². The van der Waals surface area contributed by atoms with Crippen molar-refractivity contribution in [1.29, 1.82) is 0 Å². The van der Waals surface area contributed by atoms with Crippen LogP contribution < -0.4 is 0 Å². The van der Waals surface area contributed by atoms with Gasteiger partial charge in [0.2, 0.25) is 0 Å². The van der Waals surface area contributed by atoms with Crippen LogP contribution >= 0.6 is 0 Å². The van der Waals surface area contributed by atoms with Crippen LogP contribution in [0.5, 0.6) is 0 Å². The van der Waals surface area contributed by atoms with E-state index in [1.54, 1.807) is 0 Å². The van der Waals surface area contributed by atoms with Gasteiger partial charge in [0, 0.05) is 12.8 Å². The fraction of sp³-hybridized carbons (Fsp3) is 0.850. The summed E-state index contributed by atoms with van der Waals surface area (Å²) in [5.41, 5.74) is 0. The second-order valence-electron chi connectivity index (χ2n) is 13.1. The first-order valence-electron chi connectivity index (χ1n) is 19.3. The van der Waals surface area contributed by atoms with Gasteiger partial charge in [-0.15, -0.1) is 0 Å². The smallest absolute Gasteiger partial charge is 0.306 e. The van der Waals surface area contributed by atoms with Gasteiger partial charge in [-0.05, 0) is 70.6 Å². The first kappa shape index (κ1) is 42.4. The Kier molecular flexibility index (Phi) is 34.6. The van der Waals surface area contributed by atoms with Crippen LogP contribution in [0.1, 0.15) is 213 Å². The van der Waals surface area contributed by atoms with E-state index in [4.69, 9.17) is 9.84 Å². The van der Waals surface area contributed by atoms with Gasteiger partial charge in [-0.2, -0.15) is 0 Å². The number of unbranched alkanes of at least 4 members (excludes halogenated alkanes) is 22. The number of carboxylic acids is 1. The number of rotatable bonds is 35. The van der Waals surface area contributed by atoms with Crippen LogP contribution in [0.3, 0.4) is 0 Å². The summed E-state index contributed by atoms with van der Waals surface area (Å²) in [6.07, 6.45) is 44.8. The molecule has 1 atom stereocenters. The number of carbonyl (C=O) groups is 2. The van der Waals surface area contributed by atoms with E-state index in [9.17, 15) is 9.59 Å². The molecule has 258 valence electrons. The van der Waals surface area contributed by atoms with Crippen molar-refractivity contribution in [3.05, 3.63) is 24.3 Å². The molecule has 0 heterocycles. The molecule has 44 heavy (non-hydrogen) atoms. The maximum Gasteiger partial charge on any atom is 0.306 e. The minimum atomic E-state index is -0.724. The molecular formula is C40H74O4. The maximum absolute atomic E-state index is 12.6. The minimum Gasteiger partial charge on any atom is -0.481 e. The van der Waals surface area contributed by atoms with E-state index in [2.05, 4.69) is 38.2 Å². The lowest BCUT2D eigenvalue weighted by molar-refractivity contribution is -0.150. The number of hydrogen-bond acceptors (Lipinski definition) is 3.